The molecule has 1 aliphatic heterocycles. The number of ether oxygens (including phenoxy) is 1. The Morgan fingerprint density at radius 1 is 1.38 bits per heavy atom. The zero-order valence-corrected chi connectivity index (χ0v) is 13.6. The minimum atomic E-state index is -0.127. The van der Waals surface area contributed by atoms with Crippen LogP contribution in [0, 0.1) is 0 Å². The normalized spacial score (nSPS) is 18.0. The second-order valence-corrected chi connectivity index (χ2v) is 6.20. The first-order chi connectivity index (χ1) is 10.1. The molecule has 2 heterocycles. The van der Waals surface area contributed by atoms with Crippen molar-refractivity contribution in [1.29, 1.82) is 0 Å². The van der Waals surface area contributed by atoms with E-state index in [9.17, 15) is 0 Å². The van der Waals surface area contributed by atoms with Gasteiger partial charge in [0.1, 0.15) is 0 Å². The van der Waals surface area contributed by atoms with Gasteiger partial charge in [0.25, 0.3) is 0 Å². The van der Waals surface area contributed by atoms with Crippen molar-refractivity contribution in [3.8, 4) is 0 Å². The molecule has 1 aromatic rings. The van der Waals surface area contributed by atoms with Crippen LogP contribution >= 0.6 is 0 Å². The number of piperidine rings is 1. The van der Waals surface area contributed by atoms with Crippen molar-refractivity contribution in [3.05, 3.63) is 36.7 Å². The molecule has 0 amide bonds. The second kappa shape index (κ2) is 7.08. The summed E-state index contributed by atoms with van der Waals surface area (Å²) >= 11 is 0. The molecule has 1 saturated heterocycles. The van der Waals surface area contributed by atoms with Crippen LogP contribution in [0.4, 0.5) is 5.69 Å². The third-order valence-corrected chi connectivity index (χ3v) is 4.30. The largest absolute Gasteiger partial charge is 0.371 e. The van der Waals surface area contributed by atoms with E-state index in [2.05, 4.69) is 49.4 Å². The van der Waals surface area contributed by atoms with Crippen LogP contribution in [-0.4, -0.2) is 30.3 Å². The fraction of sp³-hybridized carbons (Fsp3) is 0.611. The molecule has 3 heteroatoms. The highest BCUT2D eigenvalue weighted by Crippen LogP contribution is 2.30. The van der Waals surface area contributed by atoms with Gasteiger partial charge in [-0.2, -0.15) is 0 Å². The molecule has 0 unspecified atom stereocenters. The summed E-state index contributed by atoms with van der Waals surface area (Å²) < 4.78 is 6.04. The lowest BCUT2D eigenvalue weighted by Gasteiger charge is -2.40. The van der Waals surface area contributed by atoms with Crippen LogP contribution in [0.25, 0.3) is 0 Å². The summed E-state index contributed by atoms with van der Waals surface area (Å²) in [7, 11) is 0. The van der Waals surface area contributed by atoms with E-state index in [4.69, 9.17) is 4.74 Å². The maximum Gasteiger partial charge on any atom is 0.0893 e. The molecule has 0 radical (unpaired) electrons. The number of aromatic nitrogens is 1. The van der Waals surface area contributed by atoms with Gasteiger partial charge in [0.2, 0.25) is 0 Å². The summed E-state index contributed by atoms with van der Waals surface area (Å²) in [6.07, 6.45) is 7.06. The van der Waals surface area contributed by atoms with E-state index in [1.807, 2.05) is 12.3 Å². The standard InChI is InChI=1S/C18H28N2O/c1-5-13-21-18(6-2)9-11-20(12-10-18)16-7-8-17(15(3)4)19-14-16/h6-8,14-15H,2,5,9-13H2,1,3-4H3. The molecule has 0 aromatic carbocycles. The highest BCUT2D eigenvalue weighted by atomic mass is 16.5. The topological polar surface area (TPSA) is 25.4 Å². The molecular weight excluding hydrogens is 260 g/mol. The zero-order valence-electron chi connectivity index (χ0n) is 13.6. The molecule has 21 heavy (non-hydrogen) atoms. The average Bonchev–Trinajstić information content (AvgIpc) is 2.53. The molecule has 0 saturated carbocycles. The Bertz CT molecular complexity index is 445. The molecule has 0 bridgehead atoms. The lowest BCUT2D eigenvalue weighted by atomic mass is 9.91. The van der Waals surface area contributed by atoms with Crippen LogP contribution in [0.1, 0.15) is 51.6 Å². The monoisotopic (exact) mass is 288 g/mol. The third-order valence-electron chi connectivity index (χ3n) is 4.30. The van der Waals surface area contributed by atoms with E-state index in [-0.39, 0.29) is 5.60 Å². The molecular formula is C18H28N2O. The minimum absolute atomic E-state index is 0.127. The molecule has 116 valence electrons. The van der Waals surface area contributed by atoms with Crippen molar-refractivity contribution in [2.75, 3.05) is 24.6 Å². The molecule has 0 atom stereocenters. The first-order valence-electron chi connectivity index (χ1n) is 8.08. The van der Waals surface area contributed by atoms with E-state index in [0.29, 0.717) is 5.92 Å². The van der Waals surface area contributed by atoms with Crippen LogP contribution in [0.5, 0.6) is 0 Å². The first kappa shape index (κ1) is 16.0. The fourth-order valence-electron chi connectivity index (χ4n) is 2.78. The Kier molecular flexibility index (Phi) is 5.40. The van der Waals surface area contributed by atoms with Gasteiger partial charge in [-0.15, -0.1) is 6.58 Å². The Hall–Kier alpha value is -1.35. The number of hydrogen-bond acceptors (Lipinski definition) is 3. The summed E-state index contributed by atoms with van der Waals surface area (Å²) in [5, 5.41) is 0. The fourth-order valence-corrected chi connectivity index (χ4v) is 2.78. The number of anilines is 1. The number of pyridine rings is 1. The van der Waals surface area contributed by atoms with Crippen molar-refractivity contribution in [2.45, 2.75) is 51.6 Å². The Morgan fingerprint density at radius 2 is 2.10 bits per heavy atom. The van der Waals surface area contributed by atoms with Gasteiger partial charge >= 0.3 is 0 Å². The van der Waals surface area contributed by atoms with Crippen molar-refractivity contribution < 1.29 is 4.74 Å². The summed E-state index contributed by atoms with van der Waals surface area (Å²) in [5.41, 5.74) is 2.24. The second-order valence-electron chi connectivity index (χ2n) is 6.20. The molecule has 3 nitrogen and oxygen atoms in total. The van der Waals surface area contributed by atoms with Gasteiger partial charge in [-0.3, -0.25) is 4.98 Å². The third kappa shape index (κ3) is 3.85. The van der Waals surface area contributed by atoms with Gasteiger partial charge in [-0.25, -0.2) is 0 Å². The van der Waals surface area contributed by atoms with Crippen molar-refractivity contribution in [2.24, 2.45) is 0 Å². The summed E-state index contributed by atoms with van der Waals surface area (Å²) in [6, 6.07) is 4.33. The summed E-state index contributed by atoms with van der Waals surface area (Å²) in [6.45, 7) is 13.3. The lowest BCUT2D eigenvalue weighted by Crippen LogP contribution is -2.45. The van der Waals surface area contributed by atoms with E-state index < -0.39 is 0 Å². The van der Waals surface area contributed by atoms with E-state index in [1.54, 1.807) is 0 Å². The van der Waals surface area contributed by atoms with Gasteiger partial charge in [0.15, 0.2) is 0 Å². The van der Waals surface area contributed by atoms with Crippen LogP contribution in [0.3, 0.4) is 0 Å². The van der Waals surface area contributed by atoms with Crippen LogP contribution in [-0.2, 0) is 4.74 Å². The SMILES string of the molecule is C=CC1(OCCC)CCN(c2ccc(C(C)C)nc2)CC1. The molecule has 1 aromatic heterocycles. The van der Waals surface area contributed by atoms with Gasteiger partial charge in [0.05, 0.1) is 17.5 Å². The van der Waals surface area contributed by atoms with Gasteiger partial charge < -0.3 is 9.64 Å². The van der Waals surface area contributed by atoms with Crippen LogP contribution in [0.15, 0.2) is 31.0 Å². The van der Waals surface area contributed by atoms with Gasteiger partial charge in [0, 0.05) is 25.4 Å². The first-order valence-corrected chi connectivity index (χ1v) is 8.08. The highest BCUT2D eigenvalue weighted by Gasteiger charge is 2.32. The zero-order chi connectivity index (χ0) is 15.3. The van der Waals surface area contributed by atoms with E-state index in [0.717, 1.165) is 44.7 Å². The van der Waals surface area contributed by atoms with Crippen molar-refractivity contribution in [3.63, 3.8) is 0 Å². The molecule has 0 spiro atoms. The molecule has 0 aliphatic carbocycles. The van der Waals surface area contributed by atoms with Crippen LogP contribution in [0.2, 0.25) is 0 Å². The summed E-state index contributed by atoms with van der Waals surface area (Å²) in [4.78, 5) is 6.96. The lowest BCUT2D eigenvalue weighted by molar-refractivity contribution is -0.0243. The highest BCUT2D eigenvalue weighted by molar-refractivity contribution is 5.45. The predicted molar refractivity (Wildman–Crippen MR) is 88.9 cm³/mol. The number of nitrogens with zero attached hydrogens (tertiary/aromatic N) is 2. The van der Waals surface area contributed by atoms with E-state index >= 15 is 0 Å². The summed E-state index contributed by atoms with van der Waals surface area (Å²) in [5.74, 6) is 0.483. The Labute approximate surface area is 129 Å². The number of rotatable bonds is 6. The smallest absolute Gasteiger partial charge is 0.0893 e. The predicted octanol–water partition coefficient (Wildman–Crippen LogP) is 4.16. The maximum atomic E-state index is 6.04. The Balaban J connectivity index is 1.98. The number of hydrogen-bond donors (Lipinski definition) is 0. The van der Waals surface area contributed by atoms with Crippen LogP contribution < -0.4 is 4.90 Å². The average molecular weight is 288 g/mol. The van der Waals surface area contributed by atoms with Gasteiger partial charge in [-0.05, 0) is 37.3 Å². The maximum absolute atomic E-state index is 6.04. The Morgan fingerprint density at radius 3 is 2.57 bits per heavy atom. The van der Waals surface area contributed by atoms with Crippen molar-refractivity contribution in [1.82, 2.24) is 4.98 Å². The quantitative estimate of drug-likeness (QED) is 0.735. The molecule has 1 aliphatic rings. The molecule has 2 rings (SSSR count). The van der Waals surface area contributed by atoms with E-state index in [1.165, 1.54) is 5.69 Å². The van der Waals surface area contributed by atoms with Gasteiger partial charge in [-0.1, -0.05) is 26.8 Å². The molecule has 1 fully saturated rings. The molecule has 0 N–H and O–H groups in total. The minimum Gasteiger partial charge on any atom is -0.371 e. The van der Waals surface area contributed by atoms with Crippen molar-refractivity contribution >= 4 is 5.69 Å².